The number of hydrogen-bond donors (Lipinski definition) is 5. The maximum absolute atomic E-state index is 5.61. The Balaban J connectivity index is 0.000000183. The highest BCUT2D eigenvalue weighted by atomic mass is 32.2. The second kappa shape index (κ2) is 22.5. The number of rotatable bonds is 6. The highest BCUT2D eigenvalue weighted by Gasteiger charge is 1.99. The van der Waals surface area contributed by atoms with Crippen LogP contribution in [0.25, 0.3) is 0 Å². The molecule has 11 heteroatoms. The highest BCUT2D eigenvalue weighted by molar-refractivity contribution is 7.98. The van der Waals surface area contributed by atoms with E-state index in [-0.39, 0.29) is 0 Å². The Labute approximate surface area is 318 Å². The summed E-state index contributed by atoms with van der Waals surface area (Å²) in [4.78, 5) is 1.15. The lowest BCUT2D eigenvalue weighted by atomic mass is 10.1. The number of hydrogen-bond acceptors (Lipinski definition) is 9. The second-order valence-electron chi connectivity index (χ2n) is 11.6. The van der Waals surface area contributed by atoms with Crippen LogP contribution in [0.15, 0.2) is 157 Å². The van der Waals surface area contributed by atoms with Crippen LogP contribution >= 0.6 is 11.8 Å². The SMILES string of the molecule is COc1cccc(Nc2ccn(C)n2)c1.CSc1ccccc1N.Cc1ccc(N)c(C)c1.Cn1ccc(N)n1.c1ccc(Nc2ccccc2)cc1. The molecule has 0 spiro atoms. The number of benzene rings is 5. The van der Waals surface area contributed by atoms with Gasteiger partial charge in [-0.2, -0.15) is 10.2 Å². The first-order valence-electron chi connectivity index (χ1n) is 16.8. The van der Waals surface area contributed by atoms with Gasteiger partial charge in [-0.25, -0.2) is 0 Å². The summed E-state index contributed by atoms with van der Waals surface area (Å²) in [6, 6.07) is 45.6. The summed E-state index contributed by atoms with van der Waals surface area (Å²) < 4.78 is 8.55. The Morgan fingerprint density at radius 1 is 0.585 bits per heavy atom. The lowest BCUT2D eigenvalue weighted by Crippen LogP contribution is -1.94. The van der Waals surface area contributed by atoms with Gasteiger partial charge < -0.3 is 32.6 Å². The average molecular weight is 730 g/mol. The minimum absolute atomic E-state index is 0.572. The Kier molecular flexibility index (Phi) is 17.4. The summed E-state index contributed by atoms with van der Waals surface area (Å²) in [7, 11) is 5.37. The van der Waals surface area contributed by atoms with Gasteiger partial charge in [-0.15, -0.1) is 11.8 Å². The number of anilines is 7. The number of thioether (sulfide) groups is 1. The maximum atomic E-state index is 5.61. The second-order valence-corrected chi connectivity index (χ2v) is 12.5. The van der Waals surface area contributed by atoms with Crippen molar-refractivity contribution in [1.29, 1.82) is 0 Å². The largest absolute Gasteiger partial charge is 0.497 e. The molecule has 0 aliphatic rings. The van der Waals surface area contributed by atoms with E-state index in [1.165, 1.54) is 5.56 Å². The van der Waals surface area contributed by atoms with Crippen LogP contribution < -0.4 is 32.6 Å². The lowest BCUT2D eigenvalue weighted by molar-refractivity contribution is 0.415. The predicted molar refractivity (Wildman–Crippen MR) is 226 cm³/mol. The third kappa shape index (κ3) is 16.0. The molecule has 2 aromatic heterocycles. The van der Waals surface area contributed by atoms with Crippen molar-refractivity contribution in [2.45, 2.75) is 18.7 Å². The quantitative estimate of drug-likeness (QED) is 0.0834. The molecule has 0 atom stereocenters. The van der Waals surface area contributed by atoms with Crippen LogP contribution in [0.1, 0.15) is 11.1 Å². The molecular formula is C42H51N9OS. The van der Waals surface area contributed by atoms with E-state index in [2.05, 4.69) is 33.8 Å². The molecule has 0 amide bonds. The van der Waals surface area contributed by atoms with E-state index < -0.39 is 0 Å². The molecule has 10 nitrogen and oxygen atoms in total. The third-order valence-electron chi connectivity index (χ3n) is 7.19. The monoisotopic (exact) mass is 729 g/mol. The Morgan fingerprint density at radius 2 is 1.17 bits per heavy atom. The van der Waals surface area contributed by atoms with Crippen LogP contribution in [0.4, 0.5) is 40.1 Å². The summed E-state index contributed by atoms with van der Waals surface area (Å²) in [6.07, 6.45) is 5.71. The molecule has 0 radical (unpaired) electrons. The molecule has 53 heavy (non-hydrogen) atoms. The van der Waals surface area contributed by atoms with Gasteiger partial charge in [0.05, 0.1) is 7.11 Å². The van der Waals surface area contributed by atoms with Crippen molar-refractivity contribution in [2.75, 3.05) is 41.2 Å². The number of nitrogens with two attached hydrogens (primary N) is 3. The molecule has 0 saturated heterocycles. The van der Waals surface area contributed by atoms with E-state index in [9.17, 15) is 0 Å². The van der Waals surface area contributed by atoms with Crippen LogP contribution in [0.3, 0.4) is 0 Å². The van der Waals surface area contributed by atoms with Gasteiger partial charge in [0.25, 0.3) is 0 Å². The van der Waals surface area contributed by atoms with Gasteiger partial charge in [-0.05, 0) is 86.3 Å². The van der Waals surface area contributed by atoms with Crippen molar-refractivity contribution in [1.82, 2.24) is 19.6 Å². The number of aryl methyl sites for hydroxylation is 4. The molecule has 7 aromatic rings. The molecule has 0 bridgehead atoms. The van der Waals surface area contributed by atoms with Gasteiger partial charge in [0, 0.05) is 72.0 Å². The first-order valence-corrected chi connectivity index (χ1v) is 18.0. The number of ether oxygens (including phenoxy) is 1. The Hall–Kier alpha value is -6.33. The number of nitrogen functional groups attached to an aromatic ring is 3. The highest BCUT2D eigenvalue weighted by Crippen LogP contribution is 2.21. The van der Waals surface area contributed by atoms with Crippen LogP contribution in [-0.2, 0) is 14.1 Å². The molecule has 5 aromatic carbocycles. The summed E-state index contributed by atoms with van der Waals surface area (Å²) in [5.41, 5.74) is 23.8. The van der Waals surface area contributed by atoms with E-state index >= 15 is 0 Å². The number of nitrogens with one attached hydrogen (secondary N) is 2. The van der Waals surface area contributed by atoms with Gasteiger partial charge in [0.2, 0.25) is 0 Å². The number of para-hydroxylation sites is 3. The van der Waals surface area contributed by atoms with Gasteiger partial charge in [0.15, 0.2) is 5.82 Å². The zero-order valence-corrected chi connectivity index (χ0v) is 32.1. The minimum atomic E-state index is 0.572. The van der Waals surface area contributed by atoms with Crippen molar-refractivity contribution < 1.29 is 4.74 Å². The molecule has 0 fully saturated rings. The van der Waals surface area contributed by atoms with Gasteiger partial charge in [-0.1, -0.05) is 72.3 Å². The molecule has 8 N–H and O–H groups in total. The molecule has 2 heterocycles. The van der Waals surface area contributed by atoms with Crippen molar-refractivity contribution in [3.05, 3.63) is 163 Å². The van der Waals surface area contributed by atoms with Crippen molar-refractivity contribution >= 4 is 51.8 Å². The smallest absolute Gasteiger partial charge is 0.152 e. The topological polar surface area (TPSA) is 147 Å². The number of methoxy groups -OCH3 is 1. The zero-order chi connectivity index (χ0) is 38.4. The number of nitrogens with zero attached hydrogens (tertiary/aromatic N) is 4. The molecule has 0 aliphatic heterocycles. The fourth-order valence-corrected chi connectivity index (χ4v) is 4.98. The normalized spacial score (nSPS) is 9.62. The predicted octanol–water partition coefficient (Wildman–Crippen LogP) is 9.48. The van der Waals surface area contributed by atoms with Crippen LogP contribution in [0.5, 0.6) is 5.75 Å². The fraction of sp³-hybridized carbons (Fsp3) is 0.143. The summed E-state index contributed by atoms with van der Waals surface area (Å²) in [6.45, 7) is 4.08. The van der Waals surface area contributed by atoms with Crippen molar-refractivity contribution in [3.63, 3.8) is 0 Å². The molecule has 0 saturated carbocycles. The molecule has 0 unspecified atom stereocenters. The molecule has 7 rings (SSSR count). The molecule has 0 aliphatic carbocycles. The Bertz CT molecular complexity index is 1990. The summed E-state index contributed by atoms with van der Waals surface area (Å²) >= 11 is 1.67. The fourth-order valence-electron chi connectivity index (χ4n) is 4.47. The first kappa shape index (κ1) is 41.1. The first-order chi connectivity index (χ1) is 25.6. The van der Waals surface area contributed by atoms with Crippen LogP contribution in [0, 0.1) is 13.8 Å². The van der Waals surface area contributed by atoms with E-state index in [4.69, 9.17) is 21.9 Å². The Morgan fingerprint density at radius 3 is 1.62 bits per heavy atom. The van der Waals surface area contributed by atoms with E-state index in [1.54, 1.807) is 40.5 Å². The molecule has 276 valence electrons. The van der Waals surface area contributed by atoms with E-state index in [0.29, 0.717) is 5.82 Å². The van der Waals surface area contributed by atoms with Crippen molar-refractivity contribution in [3.8, 4) is 5.75 Å². The summed E-state index contributed by atoms with van der Waals surface area (Å²) in [5, 5.41) is 14.5. The van der Waals surface area contributed by atoms with Crippen molar-refractivity contribution in [2.24, 2.45) is 14.1 Å². The van der Waals surface area contributed by atoms with Crippen LogP contribution in [0.2, 0.25) is 0 Å². The van der Waals surface area contributed by atoms with E-state index in [1.807, 2.05) is 161 Å². The zero-order valence-electron chi connectivity index (χ0n) is 31.3. The minimum Gasteiger partial charge on any atom is -0.497 e. The van der Waals surface area contributed by atoms with Gasteiger partial charge in [-0.3, -0.25) is 9.36 Å². The lowest BCUT2D eigenvalue weighted by Gasteiger charge is -2.04. The van der Waals surface area contributed by atoms with Gasteiger partial charge >= 0.3 is 0 Å². The number of aromatic nitrogens is 4. The molecular weight excluding hydrogens is 679 g/mol. The maximum Gasteiger partial charge on any atom is 0.152 e. The summed E-state index contributed by atoms with van der Waals surface area (Å²) in [5.74, 6) is 2.23. The average Bonchev–Trinajstić information content (AvgIpc) is 3.77. The van der Waals surface area contributed by atoms with E-state index in [0.717, 1.165) is 50.5 Å². The third-order valence-corrected chi connectivity index (χ3v) is 8.00. The van der Waals surface area contributed by atoms with Crippen LogP contribution in [-0.4, -0.2) is 32.9 Å². The van der Waals surface area contributed by atoms with Gasteiger partial charge in [0.1, 0.15) is 11.6 Å². The standard InChI is InChI=1S/C12H11N.C11H13N3O.C8H11N.C7H9NS.C4H7N3/c1-3-7-11(8-4-1)13-12-9-5-2-6-10-12;1-14-7-6-11(13-14)12-9-4-3-5-10(8-9)15-2;1-6-3-4-8(9)7(2)5-6;1-9-7-5-3-2-4-6(7)8;1-7-3-2-4(5)6-7/h1-10,13H;3-8H,1-2H3,(H,12,13);3-5H,9H2,1-2H3;2-5H,8H2,1H3;2-3H,1H3,(H2,5,6).